The van der Waals surface area contributed by atoms with Gasteiger partial charge in [-0.05, 0) is 25.0 Å². The van der Waals surface area contributed by atoms with Crippen molar-refractivity contribution in [3.8, 4) is 11.3 Å². The summed E-state index contributed by atoms with van der Waals surface area (Å²) >= 11 is 1.67. The molecule has 7 heteroatoms. The predicted octanol–water partition coefficient (Wildman–Crippen LogP) is 4.85. The van der Waals surface area contributed by atoms with Crippen LogP contribution < -0.4 is 11.1 Å². The van der Waals surface area contributed by atoms with Crippen LogP contribution in [0, 0.1) is 6.92 Å². The van der Waals surface area contributed by atoms with Crippen molar-refractivity contribution in [3.05, 3.63) is 70.0 Å². The Balaban J connectivity index is 0.00000280. The Kier molecular flexibility index (Phi) is 8.88. The number of thiazole rings is 1. The third-order valence-corrected chi connectivity index (χ3v) is 4.90. The Labute approximate surface area is 187 Å². The first-order chi connectivity index (χ1) is 13.2. The maximum absolute atomic E-state index is 6.03. The first-order valence-electron chi connectivity index (χ1n) is 8.81. The fourth-order valence-electron chi connectivity index (χ4n) is 2.74. The molecule has 0 aliphatic heterocycles. The molecule has 0 aliphatic carbocycles. The molecule has 1 heterocycles. The van der Waals surface area contributed by atoms with Gasteiger partial charge in [0.25, 0.3) is 0 Å². The van der Waals surface area contributed by atoms with E-state index in [1.807, 2.05) is 31.2 Å². The minimum Gasteiger partial charge on any atom is -0.380 e. The molecule has 5 nitrogen and oxygen atoms in total. The summed E-state index contributed by atoms with van der Waals surface area (Å²) in [6.07, 6.45) is 0.832. The van der Waals surface area contributed by atoms with Crippen molar-refractivity contribution < 1.29 is 4.74 Å². The fourth-order valence-corrected chi connectivity index (χ4v) is 3.37. The van der Waals surface area contributed by atoms with Gasteiger partial charge in [0.05, 0.1) is 17.3 Å². The first kappa shape index (κ1) is 22.3. The van der Waals surface area contributed by atoms with Gasteiger partial charge in [0, 0.05) is 35.8 Å². The van der Waals surface area contributed by atoms with Gasteiger partial charge in [0.15, 0.2) is 5.96 Å². The molecule has 2 aromatic carbocycles. The van der Waals surface area contributed by atoms with Crippen molar-refractivity contribution >= 4 is 47.0 Å². The van der Waals surface area contributed by atoms with E-state index in [0.717, 1.165) is 33.9 Å². The number of halogens is 1. The number of methoxy groups -OCH3 is 1. The van der Waals surface area contributed by atoms with Gasteiger partial charge in [-0.2, -0.15) is 0 Å². The summed E-state index contributed by atoms with van der Waals surface area (Å²) in [5, 5.41) is 6.32. The number of anilines is 1. The lowest BCUT2D eigenvalue weighted by atomic mass is 10.1. The van der Waals surface area contributed by atoms with Gasteiger partial charge < -0.3 is 15.8 Å². The summed E-state index contributed by atoms with van der Waals surface area (Å²) in [7, 11) is 1.68. The molecule has 0 aliphatic rings. The van der Waals surface area contributed by atoms with Crippen LogP contribution in [0.1, 0.15) is 16.1 Å². The fraction of sp³-hybridized carbons (Fsp3) is 0.238. The van der Waals surface area contributed by atoms with E-state index < -0.39 is 0 Å². The number of aryl methyl sites for hydroxylation is 1. The molecule has 0 fully saturated rings. The predicted molar refractivity (Wildman–Crippen MR) is 129 cm³/mol. The molecule has 0 saturated carbocycles. The van der Waals surface area contributed by atoms with Crippen molar-refractivity contribution in [2.24, 2.45) is 10.7 Å². The van der Waals surface area contributed by atoms with Gasteiger partial charge in [0.1, 0.15) is 0 Å². The number of nitrogens with zero attached hydrogens (tertiary/aromatic N) is 2. The standard InChI is InChI=1S/C21H24N4OS.HI/c1-15-24-20(14-27-15)17-9-7-16(8-10-17)11-12-23-21(22)25-19-6-4-3-5-18(19)13-26-2;/h3-10,14H,11-13H2,1-2H3,(H3,22,23,25);1H. The lowest BCUT2D eigenvalue weighted by Crippen LogP contribution is -2.23. The molecular formula is C21H25IN4OS. The van der Waals surface area contributed by atoms with Crippen molar-refractivity contribution in [1.82, 2.24) is 4.98 Å². The zero-order valence-corrected chi connectivity index (χ0v) is 19.2. The second-order valence-electron chi connectivity index (χ2n) is 6.18. The summed E-state index contributed by atoms with van der Waals surface area (Å²) in [5.74, 6) is 0.410. The highest BCUT2D eigenvalue weighted by Crippen LogP contribution is 2.22. The molecule has 3 N–H and O–H groups in total. The molecule has 0 radical (unpaired) electrons. The average molecular weight is 508 g/mol. The second kappa shape index (κ2) is 11.1. The highest BCUT2D eigenvalue weighted by atomic mass is 127. The minimum absolute atomic E-state index is 0. The van der Waals surface area contributed by atoms with E-state index in [4.69, 9.17) is 10.5 Å². The van der Waals surface area contributed by atoms with Gasteiger partial charge in [-0.25, -0.2) is 4.98 Å². The van der Waals surface area contributed by atoms with E-state index >= 15 is 0 Å². The van der Waals surface area contributed by atoms with Crippen LogP contribution in [0.5, 0.6) is 0 Å². The molecule has 0 spiro atoms. The average Bonchev–Trinajstić information content (AvgIpc) is 3.10. The number of para-hydroxylation sites is 1. The summed E-state index contributed by atoms with van der Waals surface area (Å²) in [5.41, 5.74) is 11.4. The maximum Gasteiger partial charge on any atom is 0.193 e. The van der Waals surface area contributed by atoms with Gasteiger partial charge in [-0.1, -0.05) is 42.5 Å². The number of nitrogens with one attached hydrogen (secondary N) is 1. The van der Waals surface area contributed by atoms with Crippen LogP contribution in [0.4, 0.5) is 5.69 Å². The summed E-state index contributed by atoms with van der Waals surface area (Å²) < 4.78 is 5.21. The number of guanidine groups is 1. The Morgan fingerprint density at radius 2 is 1.93 bits per heavy atom. The molecular weight excluding hydrogens is 483 g/mol. The second-order valence-corrected chi connectivity index (χ2v) is 7.24. The minimum atomic E-state index is 0. The van der Waals surface area contributed by atoms with Crippen LogP contribution in [0.15, 0.2) is 58.9 Å². The number of ether oxygens (including phenoxy) is 1. The van der Waals surface area contributed by atoms with Crippen LogP contribution in [0.3, 0.4) is 0 Å². The number of nitrogens with two attached hydrogens (primary N) is 1. The molecule has 3 aromatic rings. The van der Waals surface area contributed by atoms with Gasteiger partial charge in [0.2, 0.25) is 0 Å². The molecule has 0 atom stereocenters. The van der Waals surface area contributed by atoms with Gasteiger partial charge in [-0.3, -0.25) is 4.99 Å². The quantitative estimate of drug-likeness (QED) is 0.272. The highest BCUT2D eigenvalue weighted by molar-refractivity contribution is 14.0. The van der Waals surface area contributed by atoms with Crippen molar-refractivity contribution in [2.45, 2.75) is 20.0 Å². The van der Waals surface area contributed by atoms with Gasteiger partial charge in [-0.15, -0.1) is 35.3 Å². The molecule has 0 amide bonds. The molecule has 3 rings (SSSR count). The number of aromatic nitrogens is 1. The van der Waals surface area contributed by atoms with E-state index in [1.54, 1.807) is 18.4 Å². The van der Waals surface area contributed by atoms with E-state index in [2.05, 4.69) is 44.9 Å². The monoisotopic (exact) mass is 508 g/mol. The van der Waals surface area contributed by atoms with E-state index in [9.17, 15) is 0 Å². The zero-order valence-electron chi connectivity index (χ0n) is 16.0. The van der Waals surface area contributed by atoms with Crippen molar-refractivity contribution in [3.63, 3.8) is 0 Å². The summed E-state index contributed by atoms with van der Waals surface area (Å²) in [6.45, 7) is 3.18. The molecule has 0 unspecified atom stereocenters. The SMILES string of the molecule is COCc1ccccc1NC(N)=NCCc1ccc(-c2csc(C)n2)cc1.I. The van der Waals surface area contributed by atoms with E-state index in [0.29, 0.717) is 19.1 Å². The molecule has 28 heavy (non-hydrogen) atoms. The lowest BCUT2D eigenvalue weighted by molar-refractivity contribution is 0.185. The number of hydrogen-bond donors (Lipinski definition) is 2. The smallest absolute Gasteiger partial charge is 0.193 e. The molecule has 148 valence electrons. The lowest BCUT2D eigenvalue weighted by Gasteiger charge is -2.10. The first-order valence-corrected chi connectivity index (χ1v) is 9.69. The molecule has 0 bridgehead atoms. The van der Waals surface area contributed by atoms with Crippen molar-refractivity contribution in [1.29, 1.82) is 0 Å². The van der Waals surface area contributed by atoms with Gasteiger partial charge >= 0.3 is 0 Å². The molecule has 0 saturated heterocycles. The summed E-state index contributed by atoms with van der Waals surface area (Å²) in [6, 6.07) is 16.4. The van der Waals surface area contributed by atoms with Crippen molar-refractivity contribution in [2.75, 3.05) is 19.0 Å². The number of benzene rings is 2. The molecule has 1 aromatic heterocycles. The largest absolute Gasteiger partial charge is 0.380 e. The normalized spacial score (nSPS) is 11.1. The highest BCUT2D eigenvalue weighted by Gasteiger charge is 2.04. The van der Waals surface area contributed by atoms with Crippen LogP contribution in [-0.4, -0.2) is 24.6 Å². The van der Waals surface area contributed by atoms with Crippen LogP contribution in [0.25, 0.3) is 11.3 Å². The third-order valence-electron chi connectivity index (χ3n) is 4.13. The number of aliphatic imine (C=N–C) groups is 1. The Morgan fingerprint density at radius 3 is 2.61 bits per heavy atom. The summed E-state index contributed by atoms with van der Waals surface area (Å²) in [4.78, 5) is 8.95. The number of hydrogen-bond acceptors (Lipinski definition) is 4. The van der Waals surface area contributed by atoms with Crippen LogP contribution in [-0.2, 0) is 17.8 Å². The Morgan fingerprint density at radius 1 is 1.18 bits per heavy atom. The zero-order chi connectivity index (χ0) is 19.1. The van der Waals surface area contributed by atoms with E-state index in [1.165, 1.54) is 5.56 Å². The topological polar surface area (TPSA) is 72.5 Å². The Bertz CT molecular complexity index is 909. The third kappa shape index (κ3) is 6.29. The van der Waals surface area contributed by atoms with Crippen LogP contribution >= 0.6 is 35.3 Å². The van der Waals surface area contributed by atoms with Crippen LogP contribution in [0.2, 0.25) is 0 Å². The maximum atomic E-state index is 6.03. The number of rotatable bonds is 7. The van der Waals surface area contributed by atoms with E-state index in [-0.39, 0.29) is 24.0 Å². The Hall–Kier alpha value is -1.97.